The highest BCUT2D eigenvalue weighted by Gasteiger charge is 2.15. The zero-order valence-electron chi connectivity index (χ0n) is 17.3. The molecule has 0 aromatic heterocycles. The molecule has 1 N–H and O–H groups in total. The van der Waals surface area contributed by atoms with Gasteiger partial charge in [0.05, 0.1) is 12.3 Å². The van der Waals surface area contributed by atoms with Crippen molar-refractivity contribution < 1.29 is 28.2 Å². The fraction of sp³-hybridized carbons (Fsp3) is 0.160. The highest BCUT2D eigenvalue weighted by molar-refractivity contribution is 5.96. The van der Waals surface area contributed by atoms with Crippen LogP contribution in [-0.2, 0) is 9.53 Å². The lowest BCUT2D eigenvalue weighted by Gasteiger charge is -2.11. The molecule has 7 heteroatoms. The Balaban J connectivity index is 1.48. The van der Waals surface area contributed by atoms with Gasteiger partial charge in [-0.1, -0.05) is 54.6 Å². The Hall–Kier alpha value is -4.00. The maximum Gasteiger partial charge on any atom is 0.341 e. The molecule has 32 heavy (non-hydrogen) atoms. The molecule has 0 saturated heterocycles. The second kappa shape index (κ2) is 11.4. The van der Waals surface area contributed by atoms with Crippen molar-refractivity contribution in [1.82, 2.24) is 0 Å². The van der Waals surface area contributed by atoms with Gasteiger partial charge in [-0.05, 0) is 30.7 Å². The van der Waals surface area contributed by atoms with E-state index < -0.39 is 24.3 Å². The molecular weight excluding hydrogens is 413 g/mol. The summed E-state index contributed by atoms with van der Waals surface area (Å²) in [5, 5.41) is 2.41. The fourth-order valence-corrected chi connectivity index (χ4v) is 2.90. The van der Waals surface area contributed by atoms with E-state index in [0.29, 0.717) is 12.0 Å². The van der Waals surface area contributed by atoms with Crippen LogP contribution in [-0.4, -0.2) is 30.9 Å². The third kappa shape index (κ3) is 6.50. The summed E-state index contributed by atoms with van der Waals surface area (Å²) in [6.07, 6.45) is 0.638. The lowest BCUT2D eigenvalue weighted by atomic mass is 10.1. The Morgan fingerprint density at radius 1 is 0.844 bits per heavy atom. The maximum absolute atomic E-state index is 13.6. The molecule has 0 saturated carbocycles. The largest absolute Gasteiger partial charge is 0.483 e. The standard InChI is InChI=1S/C25H22FNO5/c26-20-12-5-6-13-21(20)27-24(29)17-32-23-15-7-4-11-19(23)25(30)31-16-8-14-22(28)18-9-2-1-3-10-18/h1-7,9-13,15H,8,14,16-17H2,(H,27,29). The number of Topliss-reactive ketones (excluding diaryl/α,β-unsaturated/α-hetero) is 1. The summed E-state index contributed by atoms with van der Waals surface area (Å²) in [4.78, 5) is 36.6. The molecule has 0 aliphatic carbocycles. The van der Waals surface area contributed by atoms with Gasteiger partial charge >= 0.3 is 5.97 Å². The summed E-state index contributed by atoms with van der Waals surface area (Å²) in [5.41, 5.74) is 0.811. The molecule has 3 aromatic rings. The number of carbonyl (C=O) groups excluding carboxylic acids is 3. The number of benzene rings is 3. The van der Waals surface area contributed by atoms with Gasteiger partial charge in [-0.3, -0.25) is 9.59 Å². The van der Waals surface area contributed by atoms with Crippen molar-refractivity contribution in [3.05, 3.63) is 95.8 Å². The summed E-state index contributed by atoms with van der Waals surface area (Å²) >= 11 is 0. The Kier molecular flexibility index (Phi) is 8.09. The number of rotatable bonds is 10. The van der Waals surface area contributed by atoms with Gasteiger partial charge in [-0.2, -0.15) is 0 Å². The molecule has 0 aliphatic rings. The Morgan fingerprint density at radius 2 is 1.53 bits per heavy atom. The SMILES string of the molecule is O=C(COc1ccccc1C(=O)OCCCC(=O)c1ccccc1)Nc1ccccc1F. The molecule has 0 unspecified atom stereocenters. The van der Waals surface area contributed by atoms with Crippen LogP contribution in [0.15, 0.2) is 78.9 Å². The van der Waals surface area contributed by atoms with Crippen LogP contribution in [0.4, 0.5) is 10.1 Å². The maximum atomic E-state index is 13.6. The van der Waals surface area contributed by atoms with E-state index in [1.54, 1.807) is 42.5 Å². The summed E-state index contributed by atoms with van der Waals surface area (Å²) < 4.78 is 24.3. The lowest BCUT2D eigenvalue weighted by molar-refractivity contribution is -0.118. The number of hydrogen-bond donors (Lipinski definition) is 1. The van der Waals surface area contributed by atoms with Crippen LogP contribution in [0.2, 0.25) is 0 Å². The Labute approximate surface area is 185 Å². The number of nitrogens with one attached hydrogen (secondary N) is 1. The number of hydrogen-bond acceptors (Lipinski definition) is 5. The van der Waals surface area contributed by atoms with Crippen molar-refractivity contribution in [3.8, 4) is 5.75 Å². The first-order valence-electron chi connectivity index (χ1n) is 10.1. The minimum atomic E-state index is -0.623. The highest BCUT2D eigenvalue weighted by atomic mass is 19.1. The lowest BCUT2D eigenvalue weighted by Crippen LogP contribution is -2.21. The topological polar surface area (TPSA) is 81.7 Å². The van der Waals surface area contributed by atoms with Crippen LogP contribution < -0.4 is 10.1 Å². The molecule has 3 rings (SSSR count). The second-order valence-electron chi connectivity index (χ2n) is 6.84. The zero-order chi connectivity index (χ0) is 22.8. The van der Waals surface area contributed by atoms with Crippen molar-refractivity contribution >= 4 is 23.3 Å². The van der Waals surface area contributed by atoms with Crippen molar-refractivity contribution in [1.29, 1.82) is 0 Å². The first-order chi connectivity index (χ1) is 15.5. The molecule has 0 aliphatic heterocycles. The number of halogens is 1. The average Bonchev–Trinajstić information content (AvgIpc) is 2.82. The second-order valence-corrected chi connectivity index (χ2v) is 6.84. The van der Waals surface area contributed by atoms with Crippen molar-refractivity contribution in [2.75, 3.05) is 18.5 Å². The van der Waals surface area contributed by atoms with Gasteiger partial charge in [0.1, 0.15) is 17.1 Å². The molecule has 0 atom stereocenters. The summed E-state index contributed by atoms with van der Waals surface area (Å²) in [5.74, 6) is -1.61. The van der Waals surface area contributed by atoms with Crippen LogP contribution in [0.5, 0.6) is 5.75 Å². The van der Waals surface area contributed by atoms with Gasteiger partial charge in [0.2, 0.25) is 0 Å². The molecule has 0 bridgehead atoms. The third-order valence-corrected chi connectivity index (χ3v) is 4.49. The molecule has 6 nitrogen and oxygen atoms in total. The van der Waals surface area contributed by atoms with E-state index in [0.717, 1.165) is 0 Å². The minimum Gasteiger partial charge on any atom is -0.483 e. The first kappa shape index (κ1) is 22.7. The molecule has 0 heterocycles. The van der Waals surface area contributed by atoms with Crippen LogP contribution >= 0.6 is 0 Å². The van der Waals surface area contributed by atoms with E-state index in [9.17, 15) is 18.8 Å². The van der Waals surface area contributed by atoms with E-state index >= 15 is 0 Å². The number of carbonyl (C=O) groups is 3. The molecule has 3 aromatic carbocycles. The molecule has 0 spiro atoms. The van der Waals surface area contributed by atoms with Crippen molar-refractivity contribution in [3.63, 3.8) is 0 Å². The van der Waals surface area contributed by atoms with E-state index in [1.165, 1.54) is 30.3 Å². The Bertz CT molecular complexity index is 1080. The van der Waals surface area contributed by atoms with Gasteiger partial charge in [-0.25, -0.2) is 9.18 Å². The highest BCUT2D eigenvalue weighted by Crippen LogP contribution is 2.20. The van der Waals surface area contributed by atoms with Gasteiger partial charge in [0.15, 0.2) is 12.4 Å². The zero-order valence-corrected chi connectivity index (χ0v) is 17.3. The van der Waals surface area contributed by atoms with Gasteiger partial charge in [0.25, 0.3) is 5.91 Å². The average molecular weight is 435 g/mol. The number of esters is 1. The number of ketones is 1. The van der Waals surface area contributed by atoms with Gasteiger partial charge in [-0.15, -0.1) is 0 Å². The first-order valence-corrected chi connectivity index (χ1v) is 10.1. The summed E-state index contributed by atoms with van der Waals surface area (Å²) in [6, 6.07) is 21.0. The third-order valence-electron chi connectivity index (χ3n) is 4.49. The minimum absolute atomic E-state index is 0.0220. The summed E-state index contributed by atoms with van der Waals surface area (Å²) in [6.45, 7) is -0.344. The van der Waals surface area contributed by atoms with Gasteiger partial charge in [0, 0.05) is 12.0 Å². The van der Waals surface area contributed by atoms with Gasteiger partial charge < -0.3 is 14.8 Å². The van der Waals surface area contributed by atoms with E-state index in [1.807, 2.05) is 6.07 Å². The van der Waals surface area contributed by atoms with E-state index in [2.05, 4.69) is 5.32 Å². The monoisotopic (exact) mass is 435 g/mol. The number of ether oxygens (including phenoxy) is 2. The normalized spacial score (nSPS) is 10.3. The number of para-hydroxylation sites is 2. The van der Waals surface area contributed by atoms with Crippen LogP contribution in [0, 0.1) is 5.82 Å². The van der Waals surface area contributed by atoms with Crippen molar-refractivity contribution in [2.24, 2.45) is 0 Å². The quantitative estimate of drug-likeness (QED) is 0.285. The predicted molar refractivity (Wildman–Crippen MR) is 117 cm³/mol. The fourth-order valence-electron chi connectivity index (χ4n) is 2.90. The molecular formula is C25H22FNO5. The summed E-state index contributed by atoms with van der Waals surface area (Å²) in [7, 11) is 0. The molecule has 164 valence electrons. The number of amides is 1. The van der Waals surface area contributed by atoms with E-state index in [4.69, 9.17) is 9.47 Å². The predicted octanol–water partition coefficient (Wildman–Crippen LogP) is 4.66. The van der Waals surface area contributed by atoms with Crippen LogP contribution in [0.3, 0.4) is 0 Å². The number of anilines is 1. The van der Waals surface area contributed by atoms with E-state index in [-0.39, 0.29) is 35.8 Å². The van der Waals surface area contributed by atoms with Crippen molar-refractivity contribution in [2.45, 2.75) is 12.8 Å². The smallest absolute Gasteiger partial charge is 0.341 e. The molecule has 0 fully saturated rings. The molecule has 0 radical (unpaired) electrons. The van der Waals surface area contributed by atoms with Crippen LogP contribution in [0.1, 0.15) is 33.6 Å². The van der Waals surface area contributed by atoms with Crippen LogP contribution in [0.25, 0.3) is 0 Å². The molecule has 1 amide bonds. The Morgan fingerprint density at radius 3 is 2.31 bits per heavy atom.